The van der Waals surface area contributed by atoms with Gasteiger partial charge in [0.05, 0.1) is 36.9 Å². The number of ether oxygens (including phenoxy) is 3. The van der Waals surface area contributed by atoms with Crippen molar-refractivity contribution in [1.29, 1.82) is 0 Å². The number of esters is 1. The van der Waals surface area contributed by atoms with Crippen LogP contribution >= 0.6 is 0 Å². The Morgan fingerprint density at radius 3 is 2.51 bits per heavy atom. The summed E-state index contributed by atoms with van der Waals surface area (Å²) in [7, 11) is 1.36. The van der Waals surface area contributed by atoms with Gasteiger partial charge in [-0.25, -0.2) is 4.79 Å². The van der Waals surface area contributed by atoms with Gasteiger partial charge in [0, 0.05) is 19.4 Å². The second kappa shape index (κ2) is 11.7. The maximum atomic E-state index is 13.7. The summed E-state index contributed by atoms with van der Waals surface area (Å²) >= 11 is 0. The molecule has 1 aromatic carbocycles. The summed E-state index contributed by atoms with van der Waals surface area (Å²) < 4.78 is 16.5. The molecule has 0 bridgehead atoms. The van der Waals surface area contributed by atoms with Crippen molar-refractivity contribution in [1.82, 2.24) is 10.3 Å². The molecule has 7 heteroatoms. The van der Waals surface area contributed by atoms with Crippen LogP contribution in [0.4, 0.5) is 0 Å². The van der Waals surface area contributed by atoms with Gasteiger partial charge in [-0.3, -0.25) is 9.78 Å². The highest BCUT2D eigenvalue weighted by molar-refractivity contribution is 5.90. The number of amides is 1. The summed E-state index contributed by atoms with van der Waals surface area (Å²) in [6.45, 7) is 3.68. The number of pyridine rings is 1. The lowest BCUT2D eigenvalue weighted by atomic mass is 9.73. The van der Waals surface area contributed by atoms with Gasteiger partial charge in [0.2, 0.25) is 5.91 Å². The first-order valence-corrected chi connectivity index (χ1v) is 12.7. The number of aromatic nitrogens is 1. The Hall–Kier alpha value is -2.93. The summed E-state index contributed by atoms with van der Waals surface area (Å²) in [5.74, 6) is 0.890. The summed E-state index contributed by atoms with van der Waals surface area (Å²) in [5.41, 5.74) is 1.53. The number of benzene rings is 1. The van der Waals surface area contributed by atoms with E-state index in [0.29, 0.717) is 44.1 Å². The average Bonchev–Trinajstić information content (AvgIpc) is 2.92. The zero-order valence-electron chi connectivity index (χ0n) is 20.8. The molecule has 2 aliphatic rings. The van der Waals surface area contributed by atoms with E-state index in [1.165, 1.54) is 39.2 Å². The maximum Gasteiger partial charge on any atom is 0.337 e. The maximum absolute atomic E-state index is 13.7. The lowest BCUT2D eigenvalue weighted by Crippen LogP contribution is -2.48. The molecular weight excluding hydrogens is 444 g/mol. The predicted molar refractivity (Wildman–Crippen MR) is 132 cm³/mol. The van der Waals surface area contributed by atoms with E-state index in [4.69, 9.17) is 14.2 Å². The monoisotopic (exact) mass is 480 g/mol. The minimum absolute atomic E-state index is 0.0448. The Kier molecular flexibility index (Phi) is 8.39. The van der Waals surface area contributed by atoms with Crippen molar-refractivity contribution >= 4 is 11.9 Å². The first-order chi connectivity index (χ1) is 17.0. The zero-order chi connectivity index (χ0) is 24.7. The summed E-state index contributed by atoms with van der Waals surface area (Å²) in [5, 5.41) is 3.19. The lowest BCUT2D eigenvalue weighted by Gasteiger charge is -2.37. The van der Waals surface area contributed by atoms with Crippen molar-refractivity contribution in [2.75, 3.05) is 26.9 Å². The highest BCUT2D eigenvalue weighted by Crippen LogP contribution is 2.37. The van der Waals surface area contributed by atoms with Gasteiger partial charge in [0.25, 0.3) is 0 Å². The fourth-order valence-electron chi connectivity index (χ4n) is 5.14. The molecule has 1 aromatic heterocycles. The van der Waals surface area contributed by atoms with E-state index in [2.05, 4.69) is 10.3 Å². The molecule has 1 saturated heterocycles. The molecule has 188 valence electrons. The van der Waals surface area contributed by atoms with Gasteiger partial charge in [-0.1, -0.05) is 31.4 Å². The van der Waals surface area contributed by atoms with E-state index in [1.807, 2.05) is 25.1 Å². The minimum atomic E-state index is -0.727. The second-order valence-corrected chi connectivity index (χ2v) is 9.73. The number of nitrogens with one attached hydrogen (secondary N) is 1. The van der Waals surface area contributed by atoms with Gasteiger partial charge in [-0.2, -0.15) is 0 Å². The molecule has 1 amide bonds. The molecule has 4 rings (SSSR count). The van der Waals surface area contributed by atoms with Crippen molar-refractivity contribution in [3.63, 3.8) is 0 Å². The molecule has 1 N–H and O–H groups in total. The molecule has 0 radical (unpaired) electrons. The zero-order valence-corrected chi connectivity index (χ0v) is 20.8. The third-order valence-corrected chi connectivity index (χ3v) is 7.44. The van der Waals surface area contributed by atoms with Crippen LogP contribution in [-0.4, -0.2) is 43.8 Å². The van der Waals surface area contributed by atoms with E-state index in [0.717, 1.165) is 16.9 Å². The van der Waals surface area contributed by atoms with Crippen LogP contribution in [0.3, 0.4) is 0 Å². The normalized spacial score (nSPS) is 18.9. The molecule has 1 aliphatic heterocycles. The summed E-state index contributed by atoms with van der Waals surface area (Å²) in [4.78, 5) is 29.9. The van der Waals surface area contributed by atoms with Crippen LogP contribution in [0.5, 0.6) is 5.75 Å². The molecule has 1 saturated carbocycles. The molecule has 0 spiro atoms. The molecule has 1 unspecified atom stereocenters. The topological polar surface area (TPSA) is 86.8 Å². The molecule has 35 heavy (non-hydrogen) atoms. The van der Waals surface area contributed by atoms with Crippen molar-refractivity contribution in [3.8, 4) is 5.75 Å². The van der Waals surface area contributed by atoms with Gasteiger partial charge in [0.15, 0.2) is 0 Å². The summed E-state index contributed by atoms with van der Waals surface area (Å²) in [6, 6.07) is 8.87. The van der Waals surface area contributed by atoms with Gasteiger partial charge in [-0.05, 0) is 67.9 Å². The summed E-state index contributed by atoms with van der Waals surface area (Å²) in [6.07, 6.45) is 11.0. The Morgan fingerprint density at radius 2 is 1.83 bits per heavy atom. The van der Waals surface area contributed by atoms with Gasteiger partial charge >= 0.3 is 5.97 Å². The SMILES string of the molecule is COC(=O)c1ccc(C(C)NC(=O)C2(c3cncc(OCC4CCCCC4)c3)CCOCC2)cc1. The average molecular weight is 481 g/mol. The van der Waals surface area contributed by atoms with Crippen molar-refractivity contribution in [2.45, 2.75) is 63.3 Å². The molecular formula is C28H36N2O5. The first kappa shape index (κ1) is 25.2. The third-order valence-electron chi connectivity index (χ3n) is 7.44. The van der Waals surface area contributed by atoms with Crippen LogP contribution in [0.2, 0.25) is 0 Å². The number of carbonyl (C=O) groups excluding carboxylic acids is 2. The predicted octanol–water partition coefficient (Wildman–Crippen LogP) is 4.75. The van der Waals surface area contributed by atoms with E-state index < -0.39 is 5.41 Å². The van der Waals surface area contributed by atoms with Crippen molar-refractivity contribution in [3.05, 3.63) is 59.4 Å². The Balaban J connectivity index is 1.48. The fourth-order valence-corrected chi connectivity index (χ4v) is 5.14. The van der Waals surface area contributed by atoms with Crippen LogP contribution in [0, 0.1) is 5.92 Å². The lowest BCUT2D eigenvalue weighted by molar-refractivity contribution is -0.131. The van der Waals surface area contributed by atoms with Crippen molar-refractivity contribution < 1.29 is 23.8 Å². The van der Waals surface area contributed by atoms with Crippen LogP contribution in [-0.2, 0) is 19.7 Å². The molecule has 7 nitrogen and oxygen atoms in total. The Labute approximate surface area is 207 Å². The molecule has 2 aromatic rings. The highest BCUT2D eigenvalue weighted by atomic mass is 16.5. The van der Waals surface area contributed by atoms with E-state index >= 15 is 0 Å². The van der Waals surface area contributed by atoms with Crippen molar-refractivity contribution in [2.24, 2.45) is 5.92 Å². The number of hydrogen-bond acceptors (Lipinski definition) is 6. The number of hydrogen-bond donors (Lipinski definition) is 1. The van der Waals surface area contributed by atoms with E-state index in [1.54, 1.807) is 24.5 Å². The standard InChI is InChI=1S/C28H36N2O5/c1-20(22-8-10-23(11-9-22)26(31)33-2)30-27(32)28(12-14-34-15-13-28)24-16-25(18-29-17-24)35-19-21-6-4-3-5-7-21/h8-11,16-18,20-21H,3-7,12-15,19H2,1-2H3,(H,30,32). The second-order valence-electron chi connectivity index (χ2n) is 9.73. The molecule has 2 fully saturated rings. The van der Waals surface area contributed by atoms with Gasteiger partial charge < -0.3 is 19.5 Å². The molecule has 1 atom stereocenters. The fraction of sp³-hybridized carbons (Fsp3) is 0.536. The van der Waals surface area contributed by atoms with Crippen LogP contribution in [0.15, 0.2) is 42.7 Å². The van der Waals surface area contributed by atoms with Gasteiger partial charge in [-0.15, -0.1) is 0 Å². The van der Waals surface area contributed by atoms with Crippen LogP contribution < -0.4 is 10.1 Å². The Bertz CT molecular complexity index is 995. The number of carbonyl (C=O) groups is 2. The minimum Gasteiger partial charge on any atom is -0.492 e. The number of methoxy groups -OCH3 is 1. The number of nitrogens with zero attached hydrogens (tertiary/aromatic N) is 1. The Morgan fingerprint density at radius 1 is 1.11 bits per heavy atom. The third kappa shape index (κ3) is 6.01. The van der Waals surface area contributed by atoms with Gasteiger partial charge in [0.1, 0.15) is 5.75 Å². The van der Waals surface area contributed by atoms with E-state index in [-0.39, 0.29) is 17.9 Å². The molecule has 1 aliphatic carbocycles. The first-order valence-electron chi connectivity index (χ1n) is 12.7. The van der Waals surface area contributed by atoms with E-state index in [9.17, 15) is 9.59 Å². The number of rotatable bonds is 8. The van der Waals surface area contributed by atoms with Crippen LogP contribution in [0.25, 0.3) is 0 Å². The smallest absolute Gasteiger partial charge is 0.337 e. The molecule has 2 heterocycles. The highest BCUT2D eigenvalue weighted by Gasteiger charge is 2.42. The largest absolute Gasteiger partial charge is 0.492 e. The quantitative estimate of drug-likeness (QED) is 0.549. The van der Waals surface area contributed by atoms with Crippen LogP contribution in [0.1, 0.15) is 79.4 Å².